The lowest BCUT2D eigenvalue weighted by Gasteiger charge is -2.44. The Morgan fingerprint density at radius 3 is 2.71 bits per heavy atom. The van der Waals surface area contributed by atoms with Crippen molar-refractivity contribution in [3.8, 4) is 0 Å². The van der Waals surface area contributed by atoms with Crippen LogP contribution in [-0.4, -0.2) is 33.1 Å². The third-order valence-electron chi connectivity index (χ3n) is 8.70. The van der Waals surface area contributed by atoms with Crippen molar-refractivity contribution >= 4 is 0 Å². The number of hydrogen-bond acceptors (Lipinski definition) is 3. The predicted octanol–water partition coefficient (Wildman–Crippen LogP) is 5.87. The molecule has 3 fully saturated rings. The van der Waals surface area contributed by atoms with Gasteiger partial charge in [0.1, 0.15) is 0 Å². The van der Waals surface area contributed by atoms with Crippen LogP contribution in [-0.2, 0) is 0 Å². The van der Waals surface area contributed by atoms with Crippen molar-refractivity contribution in [2.75, 3.05) is 0 Å². The highest BCUT2D eigenvalue weighted by Gasteiger charge is 2.50. The van der Waals surface area contributed by atoms with Crippen LogP contribution < -0.4 is 0 Å². The van der Waals surface area contributed by atoms with Gasteiger partial charge in [-0.1, -0.05) is 57.2 Å². The van der Waals surface area contributed by atoms with E-state index < -0.39 is 17.8 Å². The molecule has 31 heavy (non-hydrogen) atoms. The van der Waals surface area contributed by atoms with Crippen LogP contribution in [0.2, 0.25) is 0 Å². The molecule has 3 aliphatic rings. The first-order valence-electron chi connectivity index (χ1n) is 12.4. The van der Waals surface area contributed by atoms with Crippen molar-refractivity contribution in [3.05, 3.63) is 47.6 Å². The van der Waals surface area contributed by atoms with Gasteiger partial charge < -0.3 is 15.3 Å². The van der Waals surface area contributed by atoms with E-state index in [-0.39, 0.29) is 0 Å². The van der Waals surface area contributed by atoms with Crippen LogP contribution in [0.3, 0.4) is 0 Å². The third kappa shape index (κ3) is 5.43. The first kappa shape index (κ1) is 24.5. The molecule has 3 rings (SSSR count). The molecule has 0 aromatic heterocycles. The van der Waals surface area contributed by atoms with Gasteiger partial charge in [-0.05, 0) is 92.6 Å². The molecule has 3 aliphatic carbocycles. The smallest absolute Gasteiger partial charge is 0.0811 e. The molecule has 0 aromatic rings. The second-order valence-electron chi connectivity index (χ2n) is 11.0. The number of rotatable bonds is 6. The summed E-state index contributed by atoms with van der Waals surface area (Å²) in [5.41, 5.74) is 3.03. The summed E-state index contributed by atoms with van der Waals surface area (Å²) < 4.78 is 0. The quantitative estimate of drug-likeness (QED) is 0.464. The largest absolute Gasteiger partial charge is 0.393 e. The van der Waals surface area contributed by atoms with E-state index in [0.29, 0.717) is 36.0 Å². The minimum atomic E-state index is -0.623. The van der Waals surface area contributed by atoms with Gasteiger partial charge in [0.2, 0.25) is 0 Å². The van der Waals surface area contributed by atoms with Gasteiger partial charge in [-0.3, -0.25) is 0 Å². The lowest BCUT2D eigenvalue weighted by molar-refractivity contribution is 0.0588. The van der Waals surface area contributed by atoms with E-state index in [4.69, 9.17) is 0 Å². The van der Waals surface area contributed by atoms with Gasteiger partial charge in [-0.15, -0.1) is 0 Å². The lowest BCUT2D eigenvalue weighted by atomic mass is 9.61. The van der Waals surface area contributed by atoms with E-state index in [2.05, 4.69) is 44.7 Å². The van der Waals surface area contributed by atoms with E-state index in [1.807, 2.05) is 13.8 Å². The summed E-state index contributed by atoms with van der Waals surface area (Å²) in [7, 11) is 0. The first-order valence-corrected chi connectivity index (χ1v) is 12.4. The van der Waals surface area contributed by atoms with E-state index in [0.717, 1.165) is 30.4 Å². The summed E-state index contributed by atoms with van der Waals surface area (Å²) in [4.78, 5) is 0. The second kappa shape index (κ2) is 9.77. The van der Waals surface area contributed by atoms with Crippen molar-refractivity contribution in [2.24, 2.45) is 23.2 Å². The zero-order chi connectivity index (χ0) is 22.8. The van der Waals surface area contributed by atoms with Crippen LogP contribution in [0.5, 0.6) is 0 Å². The molecule has 3 heteroatoms. The van der Waals surface area contributed by atoms with E-state index in [1.54, 1.807) is 0 Å². The van der Waals surface area contributed by atoms with Gasteiger partial charge in [0.25, 0.3) is 0 Å². The fourth-order valence-electron chi connectivity index (χ4n) is 6.42. The lowest BCUT2D eigenvalue weighted by Crippen LogP contribution is -2.35. The van der Waals surface area contributed by atoms with Crippen molar-refractivity contribution in [1.82, 2.24) is 0 Å². The fourth-order valence-corrected chi connectivity index (χ4v) is 6.42. The van der Waals surface area contributed by atoms with Gasteiger partial charge in [-0.2, -0.15) is 0 Å². The molecular formula is C28H44O3. The molecule has 7 atom stereocenters. The second-order valence-corrected chi connectivity index (χ2v) is 11.0. The highest BCUT2D eigenvalue weighted by atomic mass is 16.3. The maximum Gasteiger partial charge on any atom is 0.0811 e. The van der Waals surface area contributed by atoms with E-state index in [1.165, 1.54) is 31.3 Å². The van der Waals surface area contributed by atoms with Crippen LogP contribution >= 0.6 is 0 Å². The Labute approximate surface area is 189 Å². The molecule has 0 bridgehead atoms. The van der Waals surface area contributed by atoms with Crippen molar-refractivity contribution in [2.45, 2.75) is 103 Å². The number of fused-ring (bicyclic) bond motifs is 1. The number of allylic oxidation sites excluding steroid dienone is 4. The van der Waals surface area contributed by atoms with Crippen LogP contribution in [0.15, 0.2) is 47.6 Å². The standard InChI is InChI=1S/C28H44O3/c1-6-27(4,31)15-7-9-19(2)24-13-14-25-21(10-8-16-28(24,25)5)11-12-22-17-23(29)18-26(30)20(22)3/h7,9,11-12,19,23-26,29-31H,3,6,8,10,13-18H2,1-2,4-5H3/b9-7+,21-11+,22-12-/t19-,23-,24-,25+,26+,27?,28-/m1/s1. The summed E-state index contributed by atoms with van der Waals surface area (Å²) in [6, 6.07) is 0. The summed E-state index contributed by atoms with van der Waals surface area (Å²) in [5, 5.41) is 30.5. The minimum Gasteiger partial charge on any atom is -0.393 e. The van der Waals surface area contributed by atoms with E-state index in [9.17, 15) is 15.3 Å². The molecule has 0 radical (unpaired) electrons. The summed E-state index contributed by atoms with van der Waals surface area (Å²) in [6.45, 7) is 12.9. The molecule has 0 amide bonds. The highest BCUT2D eigenvalue weighted by Crippen LogP contribution is 2.59. The molecule has 3 nitrogen and oxygen atoms in total. The monoisotopic (exact) mass is 428 g/mol. The Morgan fingerprint density at radius 1 is 1.26 bits per heavy atom. The Hall–Kier alpha value is -1.16. The fraction of sp³-hybridized carbons (Fsp3) is 0.714. The number of hydrogen-bond donors (Lipinski definition) is 3. The Bertz CT molecular complexity index is 743. The normalized spacial score (nSPS) is 39.8. The number of aliphatic hydroxyl groups is 3. The average molecular weight is 429 g/mol. The minimum absolute atomic E-state index is 0.322. The topological polar surface area (TPSA) is 60.7 Å². The van der Waals surface area contributed by atoms with Gasteiger partial charge >= 0.3 is 0 Å². The first-order chi connectivity index (χ1) is 14.6. The summed E-state index contributed by atoms with van der Waals surface area (Å²) in [5.74, 6) is 1.80. The highest BCUT2D eigenvalue weighted by molar-refractivity contribution is 5.38. The zero-order valence-electron chi connectivity index (χ0n) is 20.1. The van der Waals surface area contributed by atoms with Gasteiger partial charge in [0, 0.05) is 6.42 Å². The zero-order valence-corrected chi connectivity index (χ0v) is 20.1. The molecule has 0 aliphatic heterocycles. The van der Waals surface area contributed by atoms with Crippen LogP contribution in [0, 0.1) is 23.2 Å². The van der Waals surface area contributed by atoms with Crippen molar-refractivity contribution in [3.63, 3.8) is 0 Å². The molecule has 0 spiro atoms. The molecule has 0 saturated heterocycles. The average Bonchev–Trinajstić information content (AvgIpc) is 3.07. The molecular weight excluding hydrogens is 384 g/mol. The molecule has 0 aromatic carbocycles. The van der Waals surface area contributed by atoms with Crippen molar-refractivity contribution < 1.29 is 15.3 Å². The summed E-state index contributed by atoms with van der Waals surface area (Å²) in [6.07, 6.45) is 16.5. The van der Waals surface area contributed by atoms with Crippen LogP contribution in [0.1, 0.15) is 85.5 Å². The molecule has 1 unspecified atom stereocenters. The predicted molar refractivity (Wildman–Crippen MR) is 129 cm³/mol. The van der Waals surface area contributed by atoms with Crippen LogP contribution in [0.25, 0.3) is 0 Å². The van der Waals surface area contributed by atoms with Gasteiger partial charge in [-0.25, -0.2) is 0 Å². The van der Waals surface area contributed by atoms with Crippen molar-refractivity contribution in [1.29, 1.82) is 0 Å². The number of aliphatic hydroxyl groups excluding tert-OH is 2. The maximum atomic E-state index is 10.3. The Balaban J connectivity index is 1.73. The molecule has 3 saturated carbocycles. The Morgan fingerprint density at radius 2 is 2.00 bits per heavy atom. The third-order valence-corrected chi connectivity index (χ3v) is 8.70. The Kier molecular flexibility index (Phi) is 7.71. The van der Waals surface area contributed by atoms with Gasteiger partial charge in [0.15, 0.2) is 0 Å². The summed E-state index contributed by atoms with van der Waals surface area (Å²) >= 11 is 0. The molecule has 174 valence electrons. The van der Waals surface area contributed by atoms with E-state index >= 15 is 0 Å². The van der Waals surface area contributed by atoms with Crippen LogP contribution in [0.4, 0.5) is 0 Å². The molecule has 0 heterocycles. The molecule has 3 N–H and O–H groups in total. The van der Waals surface area contributed by atoms with Gasteiger partial charge in [0.05, 0.1) is 17.8 Å². The maximum absolute atomic E-state index is 10.3. The SMILES string of the molecule is C=C1/C(=C\C=C2/CCC[C@]3(C)[C@@H]([C@H](C)/C=C/CC(C)(O)CC)CC[C@@H]23)C[C@@H](O)C[C@@H]1O.